The van der Waals surface area contributed by atoms with E-state index in [1.54, 1.807) is 36.4 Å². The molecule has 1 aromatic heterocycles. The molecular weight excluding hydrogens is 352 g/mol. The quantitative estimate of drug-likeness (QED) is 0.655. The fraction of sp³-hybridized carbons (Fsp3) is 0.200. The van der Waals surface area contributed by atoms with Crippen LogP contribution in [0.15, 0.2) is 51.9 Å². The van der Waals surface area contributed by atoms with E-state index in [1.165, 1.54) is 13.4 Å². The second-order valence-electron chi connectivity index (χ2n) is 5.86. The van der Waals surface area contributed by atoms with Crippen LogP contribution in [0.1, 0.15) is 0 Å². The molecule has 2 heterocycles. The summed E-state index contributed by atoms with van der Waals surface area (Å²) in [5.74, 6) is 1.17. The number of esters is 1. The molecule has 1 aliphatic rings. The summed E-state index contributed by atoms with van der Waals surface area (Å²) >= 11 is 0. The van der Waals surface area contributed by atoms with E-state index in [0.29, 0.717) is 52.6 Å². The summed E-state index contributed by atoms with van der Waals surface area (Å²) in [4.78, 5) is 24.0. The van der Waals surface area contributed by atoms with Gasteiger partial charge in [0, 0.05) is 6.07 Å². The first-order valence-electron chi connectivity index (χ1n) is 8.31. The van der Waals surface area contributed by atoms with Gasteiger partial charge in [-0.25, -0.2) is 4.79 Å². The molecule has 0 saturated carbocycles. The van der Waals surface area contributed by atoms with E-state index < -0.39 is 5.97 Å². The highest BCUT2D eigenvalue weighted by molar-refractivity contribution is 5.83. The molecule has 0 atom stereocenters. The number of benzene rings is 2. The first kappa shape index (κ1) is 17.0. The van der Waals surface area contributed by atoms with Crippen molar-refractivity contribution >= 4 is 16.9 Å². The maximum atomic E-state index is 12.9. The minimum Gasteiger partial charge on any atom is -0.486 e. The number of carbonyl (C=O) groups excluding carboxylic acids is 1. The summed E-state index contributed by atoms with van der Waals surface area (Å²) in [6, 6.07) is 10.1. The molecule has 1 aliphatic heterocycles. The van der Waals surface area contributed by atoms with Crippen molar-refractivity contribution in [3.63, 3.8) is 0 Å². The third-order valence-electron chi connectivity index (χ3n) is 4.18. The van der Waals surface area contributed by atoms with Crippen molar-refractivity contribution in [2.45, 2.75) is 0 Å². The van der Waals surface area contributed by atoms with Gasteiger partial charge in [-0.05, 0) is 29.8 Å². The number of ether oxygens (including phenoxy) is 4. The van der Waals surface area contributed by atoms with Gasteiger partial charge in [0.25, 0.3) is 0 Å². The van der Waals surface area contributed by atoms with Crippen LogP contribution in [-0.2, 0) is 9.53 Å². The van der Waals surface area contributed by atoms with E-state index in [-0.39, 0.29) is 12.0 Å². The number of hydrogen-bond donors (Lipinski definition) is 0. The van der Waals surface area contributed by atoms with Crippen molar-refractivity contribution in [1.82, 2.24) is 0 Å². The van der Waals surface area contributed by atoms with Crippen LogP contribution in [0.4, 0.5) is 0 Å². The fourth-order valence-corrected chi connectivity index (χ4v) is 2.81. The van der Waals surface area contributed by atoms with Gasteiger partial charge in [0.2, 0.25) is 0 Å². The van der Waals surface area contributed by atoms with Crippen molar-refractivity contribution < 1.29 is 28.2 Å². The summed E-state index contributed by atoms with van der Waals surface area (Å²) in [7, 11) is 1.28. The predicted octanol–water partition coefficient (Wildman–Crippen LogP) is 2.78. The molecule has 138 valence electrons. The normalized spacial score (nSPS) is 12.6. The third kappa shape index (κ3) is 3.31. The third-order valence-corrected chi connectivity index (χ3v) is 4.18. The van der Waals surface area contributed by atoms with Gasteiger partial charge in [-0.1, -0.05) is 6.07 Å². The zero-order chi connectivity index (χ0) is 18.8. The van der Waals surface area contributed by atoms with E-state index in [2.05, 4.69) is 4.74 Å². The summed E-state index contributed by atoms with van der Waals surface area (Å²) < 4.78 is 26.5. The van der Waals surface area contributed by atoms with Crippen molar-refractivity contribution in [3.8, 4) is 28.4 Å². The lowest BCUT2D eigenvalue weighted by Crippen LogP contribution is -2.15. The highest BCUT2D eigenvalue weighted by atomic mass is 16.6. The van der Waals surface area contributed by atoms with E-state index in [9.17, 15) is 9.59 Å². The van der Waals surface area contributed by atoms with Gasteiger partial charge in [0.05, 0.1) is 18.1 Å². The van der Waals surface area contributed by atoms with Crippen LogP contribution in [0, 0.1) is 0 Å². The Kier molecular flexibility index (Phi) is 4.42. The van der Waals surface area contributed by atoms with Crippen LogP contribution in [0.5, 0.6) is 17.2 Å². The largest absolute Gasteiger partial charge is 0.486 e. The molecule has 0 amide bonds. The molecule has 0 fully saturated rings. The molecule has 3 aromatic rings. The van der Waals surface area contributed by atoms with Crippen LogP contribution in [-0.4, -0.2) is 32.9 Å². The number of methoxy groups -OCH3 is 1. The summed E-state index contributed by atoms with van der Waals surface area (Å²) in [6.07, 6.45) is 1.40. The lowest BCUT2D eigenvalue weighted by molar-refractivity contribution is -0.142. The average molecular weight is 368 g/mol. The summed E-state index contributed by atoms with van der Waals surface area (Å²) in [5, 5.41) is 0.410. The van der Waals surface area contributed by atoms with Crippen molar-refractivity contribution in [3.05, 3.63) is 52.9 Å². The molecular formula is C20H16O7. The monoisotopic (exact) mass is 368 g/mol. The minimum absolute atomic E-state index is 0.174. The molecule has 0 unspecified atom stereocenters. The van der Waals surface area contributed by atoms with Gasteiger partial charge < -0.3 is 23.4 Å². The highest BCUT2D eigenvalue weighted by Crippen LogP contribution is 2.34. The first-order chi connectivity index (χ1) is 13.2. The van der Waals surface area contributed by atoms with Gasteiger partial charge >= 0.3 is 5.97 Å². The number of carbonyl (C=O) groups is 1. The Morgan fingerprint density at radius 1 is 1.07 bits per heavy atom. The lowest BCUT2D eigenvalue weighted by atomic mass is 10.0. The van der Waals surface area contributed by atoms with Gasteiger partial charge in [0.15, 0.2) is 23.5 Å². The van der Waals surface area contributed by atoms with Crippen LogP contribution in [0.25, 0.3) is 22.1 Å². The molecule has 7 heteroatoms. The molecule has 0 spiro atoms. The van der Waals surface area contributed by atoms with Gasteiger partial charge in [-0.2, -0.15) is 0 Å². The van der Waals surface area contributed by atoms with Gasteiger partial charge in [-0.15, -0.1) is 0 Å². The predicted molar refractivity (Wildman–Crippen MR) is 96.4 cm³/mol. The maximum Gasteiger partial charge on any atom is 0.343 e. The molecule has 0 radical (unpaired) electrons. The Labute approximate surface area is 154 Å². The van der Waals surface area contributed by atoms with Crippen LogP contribution in [0.3, 0.4) is 0 Å². The number of fused-ring (bicyclic) bond motifs is 2. The maximum absolute atomic E-state index is 12.9. The van der Waals surface area contributed by atoms with E-state index >= 15 is 0 Å². The molecule has 0 N–H and O–H groups in total. The molecule has 0 saturated heterocycles. The SMILES string of the molecule is COC(=O)COc1ccc2c(=O)c(-c3ccc4c(c3)OCCO4)coc2c1. The second kappa shape index (κ2) is 7.03. The smallest absolute Gasteiger partial charge is 0.343 e. The van der Waals surface area contributed by atoms with Crippen LogP contribution in [0.2, 0.25) is 0 Å². The van der Waals surface area contributed by atoms with Crippen molar-refractivity contribution in [2.24, 2.45) is 0 Å². The minimum atomic E-state index is -0.495. The Bertz CT molecular complexity index is 1070. The van der Waals surface area contributed by atoms with E-state index in [4.69, 9.17) is 18.6 Å². The first-order valence-corrected chi connectivity index (χ1v) is 8.31. The summed E-state index contributed by atoms with van der Waals surface area (Å²) in [6.45, 7) is 0.753. The van der Waals surface area contributed by atoms with E-state index in [0.717, 1.165) is 0 Å². The molecule has 2 aromatic carbocycles. The van der Waals surface area contributed by atoms with Crippen LogP contribution < -0.4 is 19.6 Å². The molecule has 0 aliphatic carbocycles. The molecule has 27 heavy (non-hydrogen) atoms. The zero-order valence-corrected chi connectivity index (χ0v) is 14.5. The number of rotatable bonds is 4. The van der Waals surface area contributed by atoms with Crippen molar-refractivity contribution in [1.29, 1.82) is 0 Å². The number of hydrogen-bond acceptors (Lipinski definition) is 7. The molecule has 0 bridgehead atoms. The highest BCUT2D eigenvalue weighted by Gasteiger charge is 2.15. The van der Waals surface area contributed by atoms with Gasteiger partial charge in [0.1, 0.15) is 30.8 Å². The molecule has 4 rings (SSSR count). The van der Waals surface area contributed by atoms with Crippen molar-refractivity contribution in [2.75, 3.05) is 26.9 Å². The standard InChI is InChI=1S/C20H16O7/c1-23-19(21)11-26-13-3-4-14-17(9-13)27-10-15(20(14)22)12-2-5-16-18(8-12)25-7-6-24-16/h2-5,8-10H,6-7,11H2,1H3. The summed E-state index contributed by atoms with van der Waals surface area (Å²) in [5.41, 5.74) is 1.29. The zero-order valence-electron chi connectivity index (χ0n) is 14.5. The Hall–Kier alpha value is -3.48. The Balaban J connectivity index is 1.68. The van der Waals surface area contributed by atoms with Gasteiger partial charge in [-0.3, -0.25) is 4.79 Å². The average Bonchev–Trinajstić information content (AvgIpc) is 2.71. The fourth-order valence-electron chi connectivity index (χ4n) is 2.81. The Morgan fingerprint density at radius 3 is 2.70 bits per heavy atom. The topological polar surface area (TPSA) is 84.2 Å². The lowest BCUT2D eigenvalue weighted by Gasteiger charge is -2.18. The Morgan fingerprint density at radius 2 is 1.89 bits per heavy atom. The van der Waals surface area contributed by atoms with E-state index in [1.807, 2.05) is 0 Å². The van der Waals surface area contributed by atoms with Crippen LogP contribution >= 0.6 is 0 Å². The second-order valence-corrected chi connectivity index (χ2v) is 5.86. The molecule has 7 nitrogen and oxygen atoms in total.